The lowest BCUT2D eigenvalue weighted by molar-refractivity contribution is -0.215. The minimum Gasteiger partial charge on any atom is -0.442 e. The molecule has 2 heterocycles. The Kier molecular flexibility index (Phi) is 7.04. The topological polar surface area (TPSA) is 88.5 Å². The minimum atomic E-state index is -1.02. The standard InChI is InChI=1S/C36H57NO6/c1-8-22-23-11-12-26-34(7)29(38)28-27(21(3)19-25(42-28)30(41-9-2)32(4,5)40)33(34,6)15-16-36(26)20-35(23,36)14-13-24(22)43-31(39)37-17-10-18-37/h8,21,23-30,38,40H,9-20H2,1-7H3/b22-8+/t21-,23+,24?,25-,26?,27+,28+,29+,30+,33?,34-,35?,36?/m1/s1. The molecule has 0 aromatic rings. The molecule has 5 saturated carbocycles. The van der Waals surface area contributed by atoms with Crippen molar-refractivity contribution in [1.82, 2.24) is 4.90 Å². The Morgan fingerprint density at radius 3 is 2.53 bits per heavy atom. The van der Waals surface area contributed by atoms with E-state index in [2.05, 4.69) is 33.8 Å². The SMILES string of the molecule is C/C=C1/C(OC(=O)N2CCC2)CCC23CC24CCC2(C)[C@@H]5[C@H](O[C@@H]([C@H](OCC)C(C)(C)O)C[C@H]5C)[C@H](O)[C@@]2(C)C4CC[C@@H]13. The molecule has 43 heavy (non-hydrogen) atoms. The van der Waals surface area contributed by atoms with E-state index in [9.17, 15) is 15.0 Å². The third-order valence-corrected chi connectivity index (χ3v) is 14.9. The molecular formula is C36H57NO6. The third kappa shape index (κ3) is 3.89. The van der Waals surface area contributed by atoms with Gasteiger partial charge in [-0.1, -0.05) is 26.8 Å². The summed E-state index contributed by atoms with van der Waals surface area (Å²) < 4.78 is 19.2. The van der Waals surface area contributed by atoms with E-state index < -0.39 is 17.8 Å². The van der Waals surface area contributed by atoms with Crippen molar-refractivity contribution in [2.45, 2.75) is 142 Å². The molecule has 2 N–H and O–H groups in total. The number of allylic oxidation sites excluding steroid dienone is 1. The Hall–Kier alpha value is -1.15. The van der Waals surface area contributed by atoms with Crippen molar-refractivity contribution in [2.24, 2.45) is 45.3 Å². The van der Waals surface area contributed by atoms with E-state index >= 15 is 0 Å². The molecule has 7 aliphatic rings. The summed E-state index contributed by atoms with van der Waals surface area (Å²) in [5.41, 5.74) is 0.631. The molecule has 2 spiro atoms. The van der Waals surface area contributed by atoms with Crippen LogP contribution in [0.2, 0.25) is 0 Å². The largest absolute Gasteiger partial charge is 0.442 e. The van der Waals surface area contributed by atoms with E-state index in [1.54, 1.807) is 0 Å². The normalized spacial score (nSPS) is 51.7. The highest BCUT2D eigenvalue weighted by atomic mass is 16.6. The highest BCUT2D eigenvalue weighted by Crippen LogP contribution is 2.88. The van der Waals surface area contributed by atoms with Gasteiger partial charge in [0.15, 0.2) is 0 Å². The van der Waals surface area contributed by atoms with E-state index in [1.165, 1.54) is 18.4 Å². The van der Waals surface area contributed by atoms with Crippen LogP contribution in [-0.2, 0) is 14.2 Å². The fraction of sp³-hybridized carbons (Fsp3) is 0.917. The van der Waals surface area contributed by atoms with Gasteiger partial charge in [0.2, 0.25) is 0 Å². The first-order valence-electron chi connectivity index (χ1n) is 17.6. The molecule has 2 aliphatic heterocycles. The van der Waals surface area contributed by atoms with Crippen molar-refractivity contribution in [3.05, 3.63) is 11.6 Å². The van der Waals surface area contributed by atoms with Crippen molar-refractivity contribution in [3.8, 4) is 0 Å². The first kappa shape index (κ1) is 30.5. The van der Waals surface area contributed by atoms with E-state index in [1.807, 2.05) is 25.7 Å². The molecule has 5 unspecified atom stereocenters. The monoisotopic (exact) mass is 599 g/mol. The van der Waals surface area contributed by atoms with Gasteiger partial charge in [-0.2, -0.15) is 0 Å². The lowest BCUT2D eigenvalue weighted by Crippen LogP contribution is -2.58. The maximum absolute atomic E-state index is 12.8. The van der Waals surface area contributed by atoms with E-state index in [0.717, 1.165) is 58.0 Å². The minimum absolute atomic E-state index is 0.00275. The molecule has 7 nitrogen and oxygen atoms in total. The number of ether oxygens (including phenoxy) is 3. The maximum atomic E-state index is 12.8. The van der Waals surface area contributed by atoms with Crippen LogP contribution in [0.25, 0.3) is 0 Å². The fourth-order valence-corrected chi connectivity index (χ4v) is 12.9. The summed E-state index contributed by atoms with van der Waals surface area (Å²) in [5.74, 6) is 1.60. The Morgan fingerprint density at radius 1 is 1.16 bits per heavy atom. The van der Waals surface area contributed by atoms with Crippen molar-refractivity contribution >= 4 is 6.09 Å². The Labute approximate surface area is 259 Å². The second-order valence-corrected chi connectivity index (χ2v) is 16.8. The van der Waals surface area contributed by atoms with Gasteiger partial charge in [0.1, 0.15) is 12.2 Å². The molecule has 242 valence electrons. The summed E-state index contributed by atoms with van der Waals surface area (Å²) in [5, 5.41) is 23.5. The predicted octanol–water partition coefficient (Wildman–Crippen LogP) is 6.11. The molecule has 7 rings (SSSR count). The molecular weight excluding hydrogens is 542 g/mol. The molecule has 13 atom stereocenters. The Morgan fingerprint density at radius 2 is 1.91 bits per heavy atom. The zero-order chi connectivity index (χ0) is 30.7. The number of hydrogen-bond acceptors (Lipinski definition) is 6. The lowest BCUT2D eigenvalue weighted by Gasteiger charge is -2.62. The van der Waals surface area contributed by atoms with Crippen LogP contribution in [0.1, 0.15) is 106 Å². The van der Waals surface area contributed by atoms with Crippen LogP contribution >= 0.6 is 0 Å². The number of aliphatic hydroxyl groups is 2. The lowest BCUT2D eigenvalue weighted by atomic mass is 9.42. The molecule has 2 saturated heterocycles. The molecule has 1 amide bonds. The molecule has 7 heteroatoms. The van der Waals surface area contributed by atoms with Gasteiger partial charge < -0.3 is 29.3 Å². The van der Waals surface area contributed by atoms with E-state index in [0.29, 0.717) is 30.3 Å². The molecule has 5 aliphatic carbocycles. The second kappa shape index (κ2) is 9.92. The number of rotatable bonds is 5. The molecule has 0 aromatic carbocycles. The van der Waals surface area contributed by atoms with Gasteiger partial charge in [0.05, 0.1) is 23.9 Å². The van der Waals surface area contributed by atoms with Crippen molar-refractivity contribution < 1.29 is 29.2 Å². The Balaban J connectivity index is 1.16. The number of carbonyl (C=O) groups is 1. The average molecular weight is 600 g/mol. The first-order valence-corrected chi connectivity index (χ1v) is 17.6. The Bertz CT molecular complexity index is 1160. The quantitative estimate of drug-likeness (QED) is 0.371. The summed E-state index contributed by atoms with van der Waals surface area (Å²) in [7, 11) is 0. The summed E-state index contributed by atoms with van der Waals surface area (Å²) in [4.78, 5) is 14.6. The number of fused-ring (bicyclic) bond motifs is 4. The summed E-state index contributed by atoms with van der Waals surface area (Å²) in [6.45, 7) is 17.2. The van der Waals surface area contributed by atoms with Crippen molar-refractivity contribution in [1.29, 1.82) is 0 Å². The van der Waals surface area contributed by atoms with Gasteiger partial charge in [-0.25, -0.2) is 4.79 Å². The number of carbonyl (C=O) groups excluding carboxylic acids is 1. The van der Waals surface area contributed by atoms with Crippen LogP contribution in [0.4, 0.5) is 4.79 Å². The van der Waals surface area contributed by atoms with Crippen LogP contribution in [-0.4, -0.2) is 77.0 Å². The highest BCUT2D eigenvalue weighted by molar-refractivity contribution is 5.69. The number of nitrogens with zero attached hydrogens (tertiary/aromatic N) is 1. The summed E-state index contributed by atoms with van der Waals surface area (Å²) in [6.07, 6.45) is 10.4. The zero-order valence-corrected chi connectivity index (χ0v) is 27.7. The first-order chi connectivity index (χ1) is 20.3. The van der Waals surface area contributed by atoms with E-state index in [-0.39, 0.29) is 46.1 Å². The predicted molar refractivity (Wildman–Crippen MR) is 164 cm³/mol. The maximum Gasteiger partial charge on any atom is 0.410 e. The number of aliphatic hydroxyl groups excluding tert-OH is 1. The summed E-state index contributed by atoms with van der Waals surface area (Å²) >= 11 is 0. The zero-order valence-electron chi connectivity index (χ0n) is 27.7. The smallest absolute Gasteiger partial charge is 0.410 e. The second-order valence-electron chi connectivity index (χ2n) is 16.8. The van der Waals surface area contributed by atoms with Gasteiger partial charge in [-0.05, 0) is 131 Å². The van der Waals surface area contributed by atoms with Gasteiger partial charge in [0.25, 0.3) is 0 Å². The third-order valence-electron chi connectivity index (χ3n) is 14.9. The van der Waals surface area contributed by atoms with Crippen molar-refractivity contribution in [3.63, 3.8) is 0 Å². The van der Waals surface area contributed by atoms with Crippen molar-refractivity contribution in [2.75, 3.05) is 19.7 Å². The molecule has 0 bridgehead atoms. The van der Waals surface area contributed by atoms with Crippen LogP contribution in [0.15, 0.2) is 11.6 Å². The van der Waals surface area contributed by atoms with Gasteiger partial charge in [0, 0.05) is 25.1 Å². The van der Waals surface area contributed by atoms with E-state index in [4.69, 9.17) is 14.2 Å². The molecule has 0 radical (unpaired) electrons. The van der Waals surface area contributed by atoms with Gasteiger partial charge in [-0.3, -0.25) is 0 Å². The van der Waals surface area contributed by atoms with Crippen LogP contribution in [0, 0.1) is 45.3 Å². The number of hydrogen-bond donors (Lipinski definition) is 2. The number of likely N-dealkylation sites (tertiary alicyclic amines) is 1. The van der Waals surface area contributed by atoms with Crippen LogP contribution < -0.4 is 0 Å². The molecule has 0 aromatic heterocycles. The highest BCUT2D eigenvalue weighted by Gasteiger charge is 2.84. The fourth-order valence-electron chi connectivity index (χ4n) is 12.9. The average Bonchev–Trinajstić information content (AvgIpc) is 3.54. The number of amides is 1. The van der Waals surface area contributed by atoms with Gasteiger partial charge >= 0.3 is 6.09 Å². The summed E-state index contributed by atoms with van der Waals surface area (Å²) in [6, 6.07) is 0. The van der Waals surface area contributed by atoms with Crippen LogP contribution in [0.5, 0.6) is 0 Å². The van der Waals surface area contributed by atoms with Gasteiger partial charge in [-0.15, -0.1) is 0 Å². The molecule has 7 fully saturated rings. The van der Waals surface area contributed by atoms with Crippen LogP contribution in [0.3, 0.4) is 0 Å².